The zero-order valence-electron chi connectivity index (χ0n) is 20.3. The quantitative estimate of drug-likeness (QED) is 0.272. The Bertz CT molecular complexity index is 1310. The molecule has 4 rings (SSSR count). The van der Waals surface area contributed by atoms with Gasteiger partial charge in [0.15, 0.2) is 12.2 Å². The lowest BCUT2D eigenvalue weighted by Gasteiger charge is -2.44. The van der Waals surface area contributed by atoms with Gasteiger partial charge in [0, 0.05) is 31.0 Å². The van der Waals surface area contributed by atoms with Crippen LogP contribution in [-0.4, -0.2) is 68.2 Å². The van der Waals surface area contributed by atoms with Gasteiger partial charge in [0.1, 0.15) is 35.6 Å². The molecule has 0 saturated carbocycles. The van der Waals surface area contributed by atoms with Crippen LogP contribution >= 0.6 is 46.3 Å². The molecule has 202 valence electrons. The molecule has 1 fully saturated rings. The predicted molar refractivity (Wildman–Crippen MR) is 139 cm³/mol. The number of hydrogen-bond donors (Lipinski definition) is 0. The van der Waals surface area contributed by atoms with Crippen molar-refractivity contribution in [3.05, 3.63) is 45.3 Å². The number of nitrogens with zero attached hydrogens (tertiary/aromatic N) is 4. The fourth-order valence-electron chi connectivity index (χ4n) is 3.84. The van der Waals surface area contributed by atoms with Crippen LogP contribution in [0.5, 0.6) is 0 Å². The molecule has 3 heterocycles. The van der Waals surface area contributed by atoms with Crippen molar-refractivity contribution in [2.24, 2.45) is 0 Å². The summed E-state index contributed by atoms with van der Waals surface area (Å²) in [6.07, 6.45) is -1.41. The lowest BCUT2D eigenvalue weighted by Crippen LogP contribution is -2.57. The van der Waals surface area contributed by atoms with E-state index in [1.807, 2.05) is 0 Å². The first-order valence-electron chi connectivity index (χ1n) is 11.2. The molecule has 1 aliphatic rings. The lowest BCUT2D eigenvalue weighted by atomic mass is 9.96. The Morgan fingerprint density at radius 1 is 1.05 bits per heavy atom. The number of thioether (sulfide) groups is 1. The Morgan fingerprint density at radius 3 is 2.42 bits per heavy atom. The minimum Gasteiger partial charge on any atom is -0.463 e. The predicted octanol–water partition coefficient (Wildman–Crippen LogP) is 4.19. The number of carbonyl (C=O) groups excluding carboxylic acids is 3. The fourth-order valence-corrected chi connectivity index (χ4v) is 5.90. The first kappa shape index (κ1) is 28.3. The van der Waals surface area contributed by atoms with Gasteiger partial charge in [-0.05, 0) is 18.2 Å². The van der Waals surface area contributed by atoms with E-state index in [0.29, 0.717) is 26.3 Å². The second-order valence-electron chi connectivity index (χ2n) is 8.14. The molecule has 0 bridgehead atoms. The van der Waals surface area contributed by atoms with Gasteiger partial charge < -0.3 is 18.9 Å². The van der Waals surface area contributed by atoms with Crippen molar-refractivity contribution in [2.45, 2.75) is 55.5 Å². The van der Waals surface area contributed by atoms with Crippen LogP contribution in [0.1, 0.15) is 26.8 Å². The SMILES string of the molecule is CC(=O)OC[C@H]1O[C@H](Sc2ccc(Cl)c(Cl)c2)[C@H](OC(C)=O)[C@@H](n2cc(-c3cscn3)nn2)[C@H]1OC(C)=O. The first-order chi connectivity index (χ1) is 18.1. The van der Waals surface area contributed by atoms with E-state index >= 15 is 0 Å². The van der Waals surface area contributed by atoms with Crippen molar-refractivity contribution in [1.29, 1.82) is 0 Å². The molecule has 1 saturated heterocycles. The summed E-state index contributed by atoms with van der Waals surface area (Å²) in [6, 6.07) is 4.10. The number of ether oxygens (including phenoxy) is 4. The number of benzene rings is 1. The molecular formula is C23H22Cl2N4O7S2. The van der Waals surface area contributed by atoms with E-state index in [9.17, 15) is 14.4 Å². The van der Waals surface area contributed by atoms with Crippen molar-refractivity contribution in [1.82, 2.24) is 20.0 Å². The van der Waals surface area contributed by atoms with Gasteiger partial charge >= 0.3 is 17.9 Å². The van der Waals surface area contributed by atoms with Crippen molar-refractivity contribution in [2.75, 3.05) is 6.61 Å². The average Bonchev–Trinajstić information content (AvgIpc) is 3.54. The normalized spacial score (nSPS) is 23.0. The number of halogens is 2. The Morgan fingerprint density at radius 2 is 1.79 bits per heavy atom. The van der Waals surface area contributed by atoms with Crippen LogP contribution < -0.4 is 0 Å². The van der Waals surface area contributed by atoms with Gasteiger partial charge in [-0.3, -0.25) is 14.4 Å². The Labute approximate surface area is 235 Å². The van der Waals surface area contributed by atoms with Crippen LogP contribution in [0.25, 0.3) is 11.4 Å². The largest absolute Gasteiger partial charge is 0.463 e. The third-order valence-electron chi connectivity index (χ3n) is 5.33. The highest BCUT2D eigenvalue weighted by Gasteiger charge is 2.52. The molecule has 0 radical (unpaired) electrons. The fraction of sp³-hybridized carbons (Fsp3) is 0.391. The first-order valence-corrected chi connectivity index (χ1v) is 13.8. The van der Waals surface area contributed by atoms with Crippen LogP contribution in [0.3, 0.4) is 0 Å². The highest BCUT2D eigenvalue weighted by Crippen LogP contribution is 2.42. The Balaban J connectivity index is 1.78. The molecule has 3 aromatic rings. The minimum atomic E-state index is -1.06. The van der Waals surface area contributed by atoms with Gasteiger partial charge in [-0.25, -0.2) is 9.67 Å². The molecule has 0 N–H and O–H groups in total. The molecule has 0 aliphatic carbocycles. The van der Waals surface area contributed by atoms with Gasteiger partial charge in [-0.15, -0.1) is 16.4 Å². The zero-order valence-corrected chi connectivity index (χ0v) is 23.4. The summed E-state index contributed by atoms with van der Waals surface area (Å²) in [5.74, 6) is -1.76. The summed E-state index contributed by atoms with van der Waals surface area (Å²) < 4.78 is 24.3. The highest BCUT2D eigenvalue weighted by molar-refractivity contribution is 7.99. The topological polar surface area (TPSA) is 132 Å². The van der Waals surface area contributed by atoms with Crippen LogP contribution in [0.4, 0.5) is 0 Å². The van der Waals surface area contributed by atoms with E-state index in [-0.39, 0.29) is 6.61 Å². The van der Waals surface area contributed by atoms with Crippen LogP contribution in [0, 0.1) is 0 Å². The van der Waals surface area contributed by atoms with Crippen LogP contribution in [-0.2, 0) is 33.3 Å². The van der Waals surface area contributed by atoms with E-state index in [1.54, 1.807) is 35.3 Å². The third-order valence-corrected chi connectivity index (χ3v) is 7.79. The van der Waals surface area contributed by atoms with Gasteiger partial charge in [0.25, 0.3) is 0 Å². The van der Waals surface area contributed by atoms with Crippen LogP contribution in [0.2, 0.25) is 10.0 Å². The molecule has 2 aromatic heterocycles. The van der Waals surface area contributed by atoms with Crippen LogP contribution in [0.15, 0.2) is 40.2 Å². The monoisotopic (exact) mass is 600 g/mol. The number of carbonyl (C=O) groups is 3. The Kier molecular flexibility index (Phi) is 9.26. The molecule has 1 aromatic carbocycles. The summed E-state index contributed by atoms with van der Waals surface area (Å²) >= 11 is 14.9. The maximum absolute atomic E-state index is 12.2. The van der Waals surface area contributed by atoms with Gasteiger partial charge in [0.05, 0.1) is 21.8 Å². The molecule has 1 aliphatic heterocycles. The highest BCUT2D eigenvalue weighted by atomic mass is 35.5. The molecule has 0 amide bonds. The molecule has 0 unspecified atom stereocenters. The summed E-state index contributed by atoms with van der Waals surface area (Å²) in [4.78, 5) is 41.0. The second kappa shape index (κ2) is 12.4. The number of hydrogen-bond acceptors (Lipinski definition) is 12. The lowest BCUT2D eigenvalue weighted by molar-refractivity contribution is -0.212. The van der Waals surface area contributed by atoms with Gasteiger partial charge in [0.2, 0.25) is 0 Å². The van der Waals surface area contributed by atoms with E-state index in [2.05, 4.69) is 15.3 Å². The number of aromatic nitrogens is 4. The number of esters is 3. The standard InChI is InChI=1S/C23H22Cl2N4O7S2/c1-11(30)33-8-19-21(34-12(2)31)20(29-7-17(27-28-29)18-9-37-10-26-18)22(35-13(3)32)23(36-19)38-14-4-5-15(24)16(25)6-14/h4-7,9-10,19-23H,8H2,1-3H3/t19-,20+,21+,22-,23-/m1/s1. The summed E-state index contributed by atoms with van der Waals surface area (Å²) in [7, 11) is 0. The molecule has 0 spiro atoms. The summed E-state index contributed by atoms with van der Waals surface area (Å²) in [6.45, 7) is 3.51. The van der Waals surface area contributed by atoms with Gasteiger partial charge in [-0.1, -0.05) is 40.2 Å². The van der Waals surface area contributed by atoms with E-state index in [0.717, 1.165) is 0 Å². The van der Waals surface area contributed by atoms with Crippen molar-refractivity contribution >= 4 is 64.2 Å². The minimum absolute atomic E-state index is 0.233. The maximum atomic E-state index is 12.2. The zero-order chi connectivity index (χ0) is 27.4. The second-order valence-corrected chi connectivity index (χ2v) is 10.8. The molecule has 38 heavy (non-hydrogen) atoms. The van der Waals surface area contributed by atoms with E-state index in [1.165, 1.54) is 48.6 Å². The van der Waals surface area contributed by atoms with E-state index < -0.39 is 47.7 Å². The number of thiazole rings is 1. The smallest absolute Gasteiger partial charge is 0.303 e. The van der Waals surface area contributed by atoms with Crippen molar-refractivity contribution in [3.8, 4) is 11.4 Å². The van der Waals surface area contributed by atoms with Crippen molar-refractivity contribution < 1.29 is 33.3 Å². The summed E-state index contributed by atoms with van der Waals surface area (Å²) in [5, 5.41) is 10.9. The average molecular weight is 601 g/mol. The molecule has 11 nitrogen and oxygen atoms in total. The van der Waals surface area contributed by atoms with E-state index in [4.69, 9.17) is 42.1 Å². The summed E-state index contributed by atoms with van der Waals surface area (Å²) in [5.41, 5.74) is 1.86. The number of rotatable bonds is 8. The molecular weight excluding hydrogens is 579 g/mol. The van der Waals surface area contributed by atoms with Gasteiger partial charge in [-0.2, -0.15) is 0 Å². The third kappa shape index (κ3) is 6.83. The van der Waals surface area contributed by atoms with Crippen molar-refractivity contribution in [3.63, 3.8) is 0 Å². The Hall–Kier alpha value is -2.71. The molecule has 5 atom stereocenters. The maximum Gasteiger partial charge on any atom is 0.303 e. The molecule has 15 heteroatoms.